The second-order valence-electron chi connectivity index (χ2n) is 4.44. The van der Waals surface area contributed by atoms with E-state index in [1.165, 1.54) is 25.1 Å². The van der Waals surface area contributed by atoms with Crippen molar-refractivity contribution in [3.05, 3.63) is 28.4 Å². The number of hydrogen-bond acceptors (Lipinski definition) is 5. The quantitative estimate of drug-likeness (QED) is 0.663. The van der Waals surface area contributed by atoms with Crippen LogP contribution in [0.1, 0.15) is 19.3 Å². The molecule has 1 N–H and O–H groups in total. The van der Waals surface area contributed by atoms with Gasteiger partial charge < -0.3 is 10.1 Å². The molecule has 1 aliphatic rings. The summed E-state index contributed by atoms with van der Waals surface area (Å²) in [5.74, 6) is 1.17. The standard InChI is InChI=1S/C12H17N3O3.ClH/c16-15(17)11-1-2-12(14-9-11)18-8-5-10-3-6-13-7-4-10;/h1-2,9-10,13H,3-8H2;1H. The van der Waals surface area contributed by atoms with E-state index in [0.29, 0.717) is 18.4 Å². The number of nitro groups is 1. The summed E-state index contributed by atoms with van der Waals surface area (Å²) in [7, 11) is 0. The van der Waals surface area contributed by atoms with Crippen LogP contribution in [-0.4, -0.2) is 29.6 Å². The number of nitrogens with zero attached hydrogens (tertiary/aromatic N) is 2. The zero-order valence-electron chi connectivity index (χ0n) is 10.6. The summed E-state index contributed by atoms with van der Waals surface area (Å²) in [4.78, 5) is 13.9. The van der Waals surface area contributed by atoms with Crippen molar-refractivity contribution in [3.8, 4) is 5.88 Å². The van der Waals surface area contributed by atoms with E-state index < -0.39 is 4.92 Å². The third-order valence-electron chi connectivity index (χ3n) is 3.17. The number of ether oxygens (including phenoxy) is 1. The van der Waals surface area contributed by atoms with Crippen LogP contribution < -0.4 is 10.1 Å². The molecule has 2 heterocycles. The van der Waals surface area contributed by atoms with E-state index in [0.717, 1.165) is 19.5 Å². The van der Waals surface area contributed by atoms with Crippen molar-refractivity contribution in [2.75, 3.05) is 19.7 Å². The largest absolute Gasteiger partial charge is 0.478 e. The minimum atomic E-state index is -0.466. The Labute approximate surface area is 118 Å². The van der Waals surface area contributed by atoms with Crippen molar-refractivity contribution in [1.29, 1.82) is 0 Å². The smallest absolute Gasteiger partial charge is 0.287 e. The lowest BCUT2D eigenvalue weighted by molar-refractivity contribution is -0.385. The van der Waals surface area contributed by atoms with Gasteiger partial charge in [0.1, 0.15) is 6.20 Å². The van der Waals surface area contributed by atoms with E-state index in [9.17, 15) is 10.1 Å². The van der Waals surface area contributed by atoms with Gasteiger partial charge in [0, 0.05) is 12.1 Å². The lowest BCUT2D eigenvalue weighted by Gasteiger charge is -2.22. The Kier molecular flexibility index (Phi) is 6.52. The number of nitrogens with one attached hydrogen (secondary N) is 1. The van der Waals surface area contributed by atoms with E-state index in [-0.39, 0.29) is 18.1 Å². The summed E-state index contributed by atoms with van der Waals surface area (Å²) < 4.78 is 5.49. The minimum Gasteiger partial charge on any atom is -0.478 e. The topological polar surface area (TPSA) is 77.3 Å². The first-order valence-corrected chi connectivity index (χ1v) is 6.19. The molecule has 2 rings (SSSR count). The Bertz CT molecular complexity index is 394. The van der Waals surface area contributed by atoms with E-state index >= 15 is 0 Å². The zero-order valence-corrected chi connectivity index (χ0v) is 11.4. The van der Waals surface area contributed by atoms with Crippen molar-refractivity contribution in [3.63, 3.8) is 0 Å². The van der Waals surface area contributed by atoms with Gasteiger partial charge >= 0.3 is 0 Å². The lowest BCUT2D eigenvalue weighted by Crippen LogP contribution is -2.28. The zero-order chi connectivity index (χ0) is 12.8. The Hall–Kier alpha value is -1.40. The third-order valence-corrected chi connectivity index (χ3v) is 3.17. The first kappa shape index (κ1) is 15.7. The molecule has 1 saturated heterocycles. The van der Waals surface area contributed by atoms with Crippen molar-refractivity contribution in [2.45, 2.75) is 19.3 Å². The summed E-state index contributed by atoms with van der Waals surface area (Å²) in [6.07, 6.45) is 4.62. The highest BCUT2D eigenvalue weighted by Crippen LogP contribution is 2.17. The van der Waals surface area contributed by atoms with Crippen molar-refractivity contribution in [2.24, 2.45) is 5.92 Å². The Morgan fingerprint density at radius 3 is 2.74 bits per heavy atom. The molecular weight excluding hydrogens is 270 g/mol. The fourth-order valence-corrected chi connectivity index (χ4v) is 2.07. The average molecular weight is 288 g/mol. The summed E-state index contributed by atoms with van der Waals surface area (Å²) in [6, 6.07) is 2.95. The van der Waals surface area contributed by atoms with Crippen LogP contribution in [0, 0.1) is 16.0 Å². The van der Waals surface area contributed by atoms with E-state index in [1.54, 1.807) is 6.07 Å². The van der Waals surface area contributed by atoms with E-state index in [4.69, 9.17) is 4.74 Å². The summed E-state index contributed by atoms with van der Waals surface area (Å²) in [5, 5.41) is 13.8. The molecule has 1 fully saturated rings. The van der Waals surface area contributed by atoms with Gasteiger partial charge in [-0.2, -0.15) is 0 Å². The van der Waals surface area contributed by atoms with Crippen LogP contribution in [0.5, 0.6) is 5.88 Å². The predicted octanol–water partition coefficient (Wildman–Crippen LogP) is 2.18. The van der Waals surface area contributed by atoms with Gasteiger partial charge in [-0.25, -0.2) is 4.98 Å². The number of halogens is 1. The molecule has 0 spiro atoms. The van der Waals surface area contributed by atoms with Crippen molar-refractivity contribution >= 4 is 18.1 Å². The normalized spacial score (nSPS) is 15.6. The van der Waals surface area contributed by atoms with Gasteiger partial charge in [-0.3, -0.25) is 10.1 Å². The highest BCUT2D eigenvalue weighted by atomic mass is 35.5. The first-order chi connectivity index (χ1) is 8.75. The number of rotatable bonds is 5. The fraction of sp³-hybridized carbons (Fsp3) is 0.583. The molecule has 1 aliphatic heterocycles. The minimum absolute atomic E-state index is 0. The Balaban J connectivity index is 0.00000180. The number of hydrogen-bond donors (Lipinski definition) is 1. The maximum atomic E-state index is 10.5. The second kappa shape index (κ2) is 7.91. The van der Waals surface area contributed by atoms with Gasteiger partial charge in [-0.1, -0.05) is 0 Å². The van der Waals surface area contributed by atoms with Crippen LogP contribution in [0.4, 0.5) is 5.69 Å². The molecular formula is C12H18ClN3O3. The monoisotopic (exact) mass is 287 g/mol. The third kappa shape index (κ3) is 5.00. The van der Waals surface area contributed by atoms with Gasteiger partial charge in [0.15, 0.2) is 0 Å². The van der Waals surface area contributed by atoms with Crippen LogP contribution >= 0.6 is 12.4 Å². The molecule has 1 aromatic rings. The fourth-order valence-electron chi connectivity index (χ4n) is 2.07. The number of aromatic nitrogens is 1. The van der Waals surface area contributed by atoms with Crippen molar-refractivity contribution < 1.29 is 9.66 Å². The predicted molar refractivity (Wildman–Crippen MR) is 73.8 cm³/mol. The first-order valence-electron chi connectivity index (χ1n) is 6.19. The number of piperidine rings is 1. The van der Waals surface area contributed by atoms with Crippen LogP contribution in [0.3, 0.4) is 0 Å². The molecule has 0 unspecified atom stereocenters. The molecule has 0 aromatic carbocycles. The summed E-state index contributed by atoms with van der Waals surface area (Å²) in [6.45, 7) is 2.79. The van der Waals surface area contributed by atoms with E-state index in [1.807, 2.05) is 0 Å². The van der Waals surface area contributed by atoms with Gasteiger partial charge in [0.05, 0.1) is 11.5 Å². The Morgan fingerprint density at radius 2 is 2.16 bits per heavy atom. The Morgan fingerprint density at radius 1 is 1.42 bits per heavy atom. The molecule has 0 atom stereocenters. The highest BCUT2D eigenvalue weighted by Gasteiger charge is 2.13. The summed E-state index contributed by atoms with van der Waals surface area (Å²) in [5.41, 5.74) is -0.0132. The molecule has 0 aliphatic carbocycles. The maximum absolute atomic E-state index is 10.5. The van der Waals surface area contributed by atoms with Crippen LogP contribution in [0.25, 0.3) is 0 Å². The molecule has 0 amide bonds. The highest BCUT2D eigenvalue weighted by molar-refractivity contribution is 5.85. The molecule has 0 saturated carbocycles. The maximum Gasteiger partial charge on any atom is 0.287 e. The molecule has 6 nitrogen and oxygen atoms in total. The molecule has 7 heteroatoms. The molecule has 0 radical (unpaired) electrons. The van der Waals surface area contributed by atoms with Gasteiger partial charge in [0.25, 0.3) is 5.69 Å². The average Bonchev–Trinajstić information content (AvgIpc) is 2.40. The molecule has 19 heavy (non-hydrogen) atoms. The van der Waals surface area contributed by atoms with Gasteiger partial charge in [-0.05, 0) is 38.3 Å². The summed E-state index contributed by atoms with van der Waals surface area (Å²) >= 11 is 0. The van der Waals surface area contributed by atoms with E-state index in [2.05, 4.69) is 10.3 Å². The van der Waals surface area contributed by atoms with Crippen molar-refractivity contribution in [1.82, 2.24) is 10.3 Å². The van der Waals surface area contributed by atoms with Gasteiger partial charge in [-0.15, -0.1) is 12.4 Å². The molecule has 1 aromatic heterocycles. The second-order valence-corrected chi connectivity index (χ2v) is 4.44. The van der Waals surface area contributed by atoms with Gasteiger partial charge in [0.2, 0.25) is 5.88 Å². The van der Waals surface area contributed by atoms with Crippen LogP contribution in [-0.2, 0) is 0 Å². The number of pyridine rings is 1. The van der Waals surface area contributed by atoms with Crippen LogP contribution in [0.15, 0.2) is 18.3 Å². The molecule has 106 valence electrons. The SMILES string of the molecule is Cl.O=[N+]([O-])c1ccc(OCCC2CCNCC2)nc1. The molecule has 0 bridgehead atoms. The van der Waals surface area contributed by atoms with Crippen LogP contribution in [0.2, 0.25) is 0 Å². The lowest BCUT2D eigenvalue weighted by atomic mass is 9.95.